The molecule has 2 atom stereocenters. The molecule has 1 fully saturated rings. The number of likely N-dealkylation sites (tertiary alicyclic amines) is 1. The molecule has 0 radical (unpaired) electrons. The highest BCUT2D eigenvalue weighted by molar-refractivity contribution is 4.65. The molecule has 3 nitrogen and oxygen atoms in total. The summed E-state index contributed by atoms with van der Waals surface area (Å²) in [4.78, 5) is 2.39. The zero-order valence-corrected chi connectivity index (χ0v) is 9.66. The van der Waals surface area contributed by atoms with Gasteiger partial charge in [0.05, 0.1) is 0 Å². The molecule has 1 saturated heterocycles. The van der Waals surface area contributed by atoms with Crippen molar-refractivity contribution in [3.05, 3.63) is 0 Å². The second-order valence-corrected chi connectivity index (χ2v) is 3.85. The third-order valence-corrected chi connectivity index (χ3v) is 2.69. The summed E-state index contributed by atoms with van der Waals surface area (Å²) in [6.45, 7) is 9.12. The number of hydrogen-bond donors (Lipinski definition) is 0. The number of nitrogens with zero attached hydrogens (tertiary/aromatic N) is 1. The standard InChI is InChI=1S/C11H23NO2/c1-4-13-11(3)14-10(2)12-8-6-5-7-9-12/h10-11H,4-9H2,1-3H3. The van der Waals surface area contributed by atoms with Gasteiger partial charge in [-0.15, -0.1) is 0 Å². The molecule has 84 valence electrons. The predicted octanol–water partition coefficient (Wildman–Crippen LogP) is 2.22. The monoisotopic (exact) mass is 201 g/mol. The molecule has 0 N–H and O–H groups in total. The van der Waals surface area contributed by atoms with E-state index in [1.165, 1.54) is 32.4 Å². The van der Waals surface area contributed by atoms with E-state index in [4.69, 9.17) is 9.47 Å². The molecule has 0 bridgehead atoms. The number of ether oxygens (including phenoxy) is 2. The van der Waals surface area contributed by atoms with E-state index >= 15 is 0 Å². The average Bonchev–Trinajstić information content (AvgIpc) is 2.19. The molecular weight excluding hydrogens is 178 g/mol. The van der Waals surface area contributed by atoms with Crippen LogP contribution in [0.1, 0.15) is 40.0 Å². The van der Waals surface area contributed by atoms with Gasteiger partial charge in [0, 0.05) is 19.7 Å². The average molecular weight is 201 g/mol. The van der Waals surface area contributed by atoms with E-state index < -0.39 is 0 Å². The molecule has 1 aliphatic rings. The van der Waals surface area contributed by atoms with Crippen molar-refractivity contribution in [1.82, 2.24) is 4.90 Å². The summed E-state index contributed by atoms with van der Waals surface area (Å²) in [6.07, 6.45) is 4.08. The van der Waals surface area contributed by atoms with E-state index in [0.717, 1.165) is 0 Å². The van der Waals surface area contributed by atoms with Gasteiger partial charge in [0.15, 0.2) is 6.29 Å². The van der Waals surface area contributed by atoms with Crippen LogP contribution in [-0.2, 0) is 9.47 Å². The van der Waals surface area contributed by atoms with E-state index in [2.05, 4.69) is 11.8 Å². The Balaban J connectivity index is 2.21. The van der Waals surface area contributed by atoms with Crippen LogP contribution >= 0.6 is 0 Å². The number of rotatable bonds is 5. The lowest BCUT2D eigenvalue weighted by Gasteiger charge is -2.33. The second kappa shape index (κ2) is 6.38. The van der Waals surface area contributed by atoms with Crippen molar-refractivity contribution in [3.63, 3.8) is 0 Å². The van der Waals surface area contributed by atoms with Crippen LogP contribution in [0.2, 0.25) is 0 Å². The van der Waals surface area contributed by atoms with E-state index in [-0.39, 0.29) is 12.5 Å². The smallest absolute Gasteiger partial charge is 0.156 e. The quantitative estimate of drug-likeness (QED) is 0.637. The van der Waals surface area contributed by atoms with Gasteiger partial charge in [0.2, 0.25) is 0 Å². The van der Waals surface area contributed by atoms with Gasteiger partial charge in [-0.05, 0) is 33.6 Å². The van der Waals surface area contributed by atoms with Crippen molar-refractivity contribution in [2.45, 2.75) is 52.6 Å². The Labute approximate surface area is 87.4 Å². The Bertz CT molecular complexity index is 146. The van der Waals surface area contributed by atoms with Crippen molar-refractivity contribution in [3.8, 4) is 0 Å². The zero-order valence-electron chi connectivity index (χ0n) is 9.66. The first-order chi connectivity index (χ1) is 6.74. The molecule has 0 aliphatic carbocycles. The van der Waals surface area contributed by atoms with Crippen molar-refractivity contribution in [2.24, 2.45) is 0 Å². The first-order valence-electron chi connectivity index (χ1n) is 5.75. The molecule has 0 aromatic carbocycles. The fourth-order valence-electron chi connectivity index (χ4n) is 1.92. The van der Waals surface area contributed by atoms with Crippen LogP contribution < -0.4 is 0 Å². The van der Waals surface area contributed by atoms with E-state index in [1.807, 2.05) is 13.8 Å². The minimum absolute atomic E-state index is 0.0862. The fourth-order valence-corrected chi connectivity index (χ4v) is 1.92. The van der Waals surface area contributed by atoms with Crippen molar-refractivity contribution in [2.75, 3.05) is 19.7 Å². The highest BCUT2D eigenvalue weighted by Gasteiger charge is 2.18. The molecule has 2 unspecified atom stereocenters. The van der Waals surface area contributed by atoms with Crippen LogP contribution in [0.3, 0.4) is 0 Å². The lowest BCUT2D eigenvalue weighted by Crippen LogP contribution is -2.40. The Morgan fingerprint density at radius 3 is 2.36 bits per heavy atom. The lowest BCUT2D eigenvalue weighted by molar-refractivity contribution is -0.192. The van der Waals surface area contributed by atoms with Crippen molar-refractivity contribution < 1.29 is 9.47 Å². The van der Waals surface area contributed by atoms with Gasteiger partial charge < -0.3 is 9.47 Å². The van der Waals surface area contributed by atoms with Crippen LogP contribution in [0.25, 0.3) is 0 Å². The normalized spacial score (nSPS) is 23.4. The molecule has 3 heteroatoms. The highest BCUT2D eigenvalue weighted by atomic mass is 16.7. The van der Waals surface area contributed by atoms with Gasteiger partial charge in [-0.1, -0.05) is 6.42 Å². The molecule has 0 aromatic rings. The van der Waals surface area contributed by atoms with Crippen LogP contribution in [0.4, 0.5) is 0 Å². The van der Waals surface area contributed by atoms with E-state index in [1.54, 1.807) is 0 Å². The van der Waals surface area contributed by atoms with Gasteiger partial charge >= 0.3 is 0 Å². The first kappa shape index (κ1) is 12.0. The topological polar surface area (TPSA) is 21.7 Å². The van der Waals surface area contributed by atoms with Crippen LogP contribution in [0.15, 0.2) is 0 Å². The number of hydrogen-bond acceptors (Lipinski definition) is 3. The maximum Gasteiger partial charge on any atom is 0.156 e. The summed E-state index contributed by atoms with van der Waals surface area (Å²) in [6, 6.07) is 0. The summed E-state index contributed by atoms with van der Waals surface area (Å²) >= 11 is 0. The largest absolute Gasteiger partial charge is 0.353 e. The molecule has 0 spiro atoms. The van der Waals surface area contributed by atoms with Crippen molar-refractivity contribution >= 4 is 0 Å². The molecule has 0 amide bonds. The Hall–Kier alpha value is -0.120. The summed E-state index contributed by atoms with van der Waals surface area (Å²) < 4.78 is 11.1. The van der Waals surface area contributed by atoms with Gasteiger partial charge in [0.25, 0.3) is 0 Å². The summed E-state index contributed by atoms with van der Waals surface area (Å²) in [7, 11) is 0. The molecule has 1 aliphatic heterocycles. The molecule has 0 saturated carbocycles. The molecule has 1 rings (SSSR count). The number of piperidine rings is 1. The Morgan fingerprint density at radius 1 is 1.14 bits per heavy atom. The van der Waals surface area contributed by atoms with Gasteiger partial charge in [-0.3, -0.25) is 4.90 Å². The fraction of sp³-hybridized carbons (Fsp3) is 1.00. The lowest BCUT2D eigenvalue weighted by atomic mass is 10.1. The maximum absolute atomic E-state index is 5.73. The zero-order chi connectivity index (χ0) is 10.4. The molecular formula is C11H23NO2. The third kappa shape index (κ3) is 3.95. The Morgan fingerprint density at radius 2 is 1.79 bits per heavy atom. The van der Waals surface area contributed by atoms with Crippen LogP contribution in [0.5, 0.6) is 0 Å². The second-order valence-electron chi connectivity index (χ2n) is 3.85. The summed E-state index contributed by atoms with van der Waals surface area (Å²) in [5.41, 5.74) is 0. The summed E-state index contributed by atoms with van der Waals surface area (Å²) in [5, 5.41) is 0. The van der Waals surface area contributed by atoms with Crippen LogP contribution in [-0.4, -0.2) is 37.1 Å². The van der Waals surface area contributed by atoms with Crippen LogP contribution in [0, 0.1) is 0 Å². The SMILES string of the molecule is CCOC(C)OC(C)N1CCCCC1. The van der Waals surface area contributed by atoms with E-state index in [9.17, 15) is 0 Å². The van der Waals surface area contributed by atoms with Gasteiger partial charge in [-0.25, -0.2) is 0 Å². The maximum atomic E-state index is 5.73. The van der Waals surface area contributed by atoms with Gasteiger partial charge in [-0.2, -0.15) is 0 Å². The minimum Gasteiger partial charge on any atom is -0.353 e. The summed E-state index contributed by atoms with van der Waals surface area (Å²) in [5.74, 6) is 0. The highest BCUT2D eigenvalue weighted by Crippen LogP contribution is 2.13. The predicted molar refractivity (Wildman–Crippen MR) is 57.1 cm³/mol. The van der Waals surface area contributed by atoms with E-state index in [0.29, 0.717) is 6.61 Å². The van der Waals surface area contributed by atoms with Gasteiger partial charge in [0.1, 0.15) is 6.23 Å². The molecule has 14 heavy (non-hydrogen) atoms. The van der Waals surface area contributed by atoms with Crippen molar-refractivity contribution in [1.29, 1.82) is 0 Å². The third-order valence-electron chi connectivity index (χ3n) is 2.69. The minimum atomic E-state index is -0.0862. The molecule has 0 aromatic heterocycles. The Kier molecular flexibility index (Phi) is 5.45. The first-order valence-corrected chi connectivity index (χ1v) is 5.75. The molecule has 1 heterocycles.